The molecule has 1 nitrogen and oxygen atoms in total. The standard InChI is InChI=1S/C5H5F7O/c1-2(6)3(7,4(8,9)10)5(11,12)13/h2,13H,1H3. The zero-order chi connectivity index (χ0) is 11.1. The molecule has 0 amide bonds. The normalized spacial score (nSPS) is 21.0. The van der Waals surface area contributed by atoms with Gasteiger partial charge >= 0.3 is 18.0 Å². The molecule has 1 N–H and O–H groups in total. The first kappa shape index (κ1) is 12.5. The molecule has 2 atom stereocenters. The van der Waals surface area contributed by atoms with E-state index in [0.717, 1.165) is 0 Å². The molecule has 0 rings (SSSR count). The fourth-order valence-electron chi connectivity index (χ4n) is 0.635. The minimum absolute atomic E-state index is 0.0579. The molecule has 0 saturated heterocycles. The third kappa shape index (κ3) is 1.87. The highest BCUT2D eigenvalue weighted by atomic mass is 19.4. The Balaban J connectivity index is 5.22. The minimum Gasteiger partial charge on any atom is -0.333 e. The first-order chi connectivity index (χ1) is 5.44. The second-order valence-electron chi connectivity index (χ2n) is 2.37. The van der Waals surface area contributed by atoms with Crippen molar-refractivity contribution in [2.75, 3.05) is 0 Å². The van der Waals surface area contributed by atoms with Crippen molar-refractivity contribution in [3.05, 3.63) is 0 Å². The summed E-state index contributed by atoms with van der Waals surface area (Å²) in [5.41, 5.74) is -5.57. The minimum atomic E-state index is -6.18. The summed E-state index contributed by atoms with van der Waals surface area (Å²) < 4.78 is 82.7. The molecular formula is C5H5F7O. The van der Waals surface area contributed by atoms with Crippen molar-refractivity contribution >= 4 is 0 Å². The van der Waals surface area contributed by atoms with Crippen LogP contribution in [0.25, 0.3) is 0 Å². The van der Waals surface area contributed by atoms with Crippen molar-refractivity contribution < 1.29 is 35.8 Å². The Bertz CT molecular complexity index is 164. The van der Waals surface area contributed by atoms with Gasteiger partial charge in [-0.3, -0.25) is 0 Å². The maximum absolute atomic E-state index is 12.4. The number of alkyl halides is 7. The topological polar surface area (TPSA) is 20.2 Å². The summed E-state index contributed by atoms with van der Waals surface area (Å²) in [6.07, 6.45) is -15.6. The van der Waals surface area contributed by atoms with Crippen molar-refractivity contribution in [2.24, 2.45) is 0 Å². The molecule has 13 heavy (non-hydrogen) atoms. The summed E-state index contributed by atoms with van der Waals surface area (Å²) >= 11 is 0. The zero-order valence-corrected chi connectivity index (χ0v) is 6.17. The lowest BCUT2D eigenvalue weighted by Crippen LogP contribution is -2.60. The molecule has 0 aromatic carbocycles. The predicted octanol–water partition coefficient (Wildman–Crippen LogP) is 2.20. The van der Waals surface area contributed by atoms with Gasteiger partial charge in [0.1, 0.15) is 6.17 Å². The Hall–Kier alpha value is -0.530. The fraction of sp³-hybridized carbons (Fsp3) is 1.00. The van der Waals surface area contributed by atoms with E-state index in [1.54, 1.807) is 0 Å². The number of hydrogen-bond acceptors (Lipinski definition) is 1. The van der Waals surface area contributed by atoms with E-state index in [4.69, 9.17) is 5.11 Å². The van der Waals surface area contributed by atoms with Gasteiger partial charge in [-0.05, 0) is 6.92 Å². The van der Waals surface area contributed by atoms with Crippen molar-refractivity contribution in [3.8, 4) is 0 Å². The van der Waals surface area contributed by atoms with Crippen LogP contribution in [0.4, 0.5) is 30.7 Å². The summed E-state index contributed by atoms with van der Waals surface area (Å²) in [5.74, 6) is 0. The van der Waals surface area contributed by atoms with Crippen molar-refractivity contribution in [1.29, 1.82) is 0 Å². The van der Waals surface area contributed by atoms with Crippen LogP contribution in [-0.2, 0) is 0 Å². The van der Waals surface area contributed by atoms with E-state index in [-0.39, 0.29) is 6.92 Å². The molecule has 0 saturated carbocycles. The molecule has 0 radical (unpaired) electrons. The van der Waals surface area contributed by atoms with Gasteiger partial charge in [-0.1, -0.05) is 0 Å². The van der Waals surface area contributed by atoms with Crippen LogP contribution in [0.3, 0.4) is 0 Å². The Morgan fingerprint density at radius 2 is 1.31 bits per heavy atom. The van der Waals surface area contributed by atoms with Crippen LogP contribution in [0.5, 0.6) is 0 Å². The number of rotatable bonds is 2. The highest BCUT2D eigenvalue weighted by Crippen LogP contribution is 2.47. The van der Waals surface area contributed by atoms with Crippen LogP contribution in [0, 0.1) is 0 Å². The van der Waals surface area contributed by atoms with Crippen molar-refractivity contribution in [3.63, 3.8) is 0 Å². The number of halogens is 7. The molecule has 0 aliphatic heterocycles. The number of hydrogen-bond donors (Lipinski definition) is 1. The average molecular weight is 214 g/mol. The lowest BCUT2D eigenvalue weighted by atomic mass is 9.99. The fourth-order valence-corrected chi connectivity index (χ4v) is 0.635. The lowest BCUT2D eigenvalue weighted by Gasteiger charge is -2.32. The van der Waals surface area contributed by atoms with Crippen molar-refractivity contribution in [2.45, 2.75) is 31.0 Å². The van der Waals surface area contributed by atoms with E-state index < -0.39 is 24.1 Å². The summed E-state index contributed by atoms with van der Waals surface area (Å²) in [6, 6.07) is 0. The van der Waals surface area contributed by atoms with Crippen LogP contribution in [0.1, 0.15) is 6.92 Å². The third-order valence-electron chi connectivity index (χ3n) is 1.40. The molecule has 0 spiro atoms. The summed E-state index contributed by atoms with van der Waals surface area (Å²) in [6.45, 7) is -0.0579. The Kier molecular flexibility index (Phi) is 2.88. The van der Waals surface area contributed by atoms with Gasteiger partial charge in [-0.15, -0.1) is 0 Å². The monoisotopic (exact) mass is 214 g/mol. The largest absolute Gasteiger partial charge is 0.434 e. The lowest BCUT2D eigenvalue weighted by molar-refractivity contribution is -0.381. The number of aliphatic hydroxyl groups is 1. The molecule has 2 unspecified atom stereocenters. The predicted molar refractivity (Wildman–Crippen MR) is 27.6 cm³/mol. The maximum Gasteiger partial charge on any atom is 0.434 e. The average Bonchev–Trinajstić information content (AvgIpc) is 1.80. The van der Waals surface area contributed by atoms with Crippen LogP contribution in [0.2, 0.25) is 0 Å². The van der Waals surface area contributed by atoms with Gasteiger partial charge in [0, 0.05) is 0 Å². The molecule has 0 aliphatic carbocycles. The second kappa shape index (κ2) is 3.00. The Morgan fingerprint density at radius 3 is 1.31 bits per heavy atom. The smallest absolute Gasteiger partial charge is 0.333 e. The van der Waals surface area contributed by atoms with Gasteiger partial charge in [-0.2, -0.15) is 22.0 Å². The summed E-state index contributed by atoms with van der Waals surface area (Å²) in [7, 11) is 0. The molecule has 0 aliphatic rings. The molecular weight excluding hydrogens is 209 g/mol. The van der Waals surface area contributed by atoms with Gasteiger partial charge in [0.05, 0.1) is 0 Å². The first-order valence-corrected chi connectivity index (χ1v) is 2.94. The molecule has 80 valence electrons. The second-order valence-corrected chi connectivity index (χ2v) is 2.37. The molecule has 8 heteroatoms. The van der Waals surface area contributed by atoms with Gasteiger partial charge in [0.2, 0.25) is 0 Å². The van der Waals surface area contributed by atoms with Crippen molar-refractivity contribution in [1.82, 2.24) is 0 Å². The third-order valence-corrected chi connectivity index (χ3v) is 1.40. The molecule has 0 bridgehead atoms. The van der Waals surface area contributed by atoms with E-state index in [0.29, 0.717) is 0 Å². The zero-order valence-electron chi connectivity index (χ0n) is 6.17. The Labute approximate surface area is 68.2 Å². The van der Waals surface area contributed by atoms with Gasteiger partial charge in [-0.25, -0.2) is 8.78 Å². The van der Waals surface area contributed by atoms with Gasteiger partial charge < -0.3 is 5.11 Å². The van der Waals surface area contributed by atoms with E-state index >= 15 is 0 Å². The molecule has 0 aromatic rings. The first-order valence-electron chi connectivity index (χ1n) is 2.94. The SMILES string of the molecule is CC(F)C(F)(C(O)(F)F)C(F)(F)F. The van der Waals surface area contributed by atoms with E-state index in [1.165, 1.54) is 0 Å². The van der Waals surface area contributed by atoms with E-state index in [2.05, 4.69) is 0 Å². The van der Waals surface area contributed by atoms with Crippen LogP contribution in [0.15, 0.2) is 0 Å². The van der Waals surface area contributed by atoms with Crippen LogP contribution in [-0.4, -0.2) is 29.2 Å². The van der Waals surface area contributed by atoms with Crippen LogP contribution >= 0.6 is 0 Å². The highest BCUT2D eigenvalue weighted by Gasteiger charge is 2.74. The molecule has 0 heterocycles. The van der Waals surface area contributed by atoms with E-state index in [1.807, 2.05) is 0 Å². The molecule has 0 aromatic heterocycles. The highest BCUT2D eigenvalue weighted by molar-refractivity contribution is 4.98. The summed E-state index contributed by atoms with van der Waals surface area (Å²) in [4.78, 5) is 0. The van der Waals surface area contributed by atoms with Gasteiger partial charge in [0.25, 0.3) is 0 Å². The van der Waals surface area contributed by atoms with E-state index in [9.17, 15) is 30.7 Å². The molecule has 0 fully saturated rings. The maximum atomic E-state index is 12.4. The van der Waals surface area contributed by atoms with Gasteiger partial charge in [0.15, 0.2) is 0 Å². The van der Waals surface area contributed by atoms with Crippen LogP contribution < -0.4 is 0 Å². The summed E-state index contributed by atoms with van der Waals surface area (Å²) in [5, 5.41) is 7.57. The Morgan fingerprint density at radius 1 is 1.00 bits per heavy atom. The quantitative estimate of drug-likeness (QED) is 0.698.